The molecule has 3 aromatic rings. The summed E-state index contributed by atoms with van der Waals surface area (Å²) in [7, 11) is 0. The fourth-order valence-corrected chi connectivity index (χ4v) is 3.70. The number of alkyl halides is 2. The molecule has 146 valence electrons. The summed E-state index contributed by atoms with van der Waals surface area (Å²) in [4.78, 5) is 4.20. The van der Waals surface area contributed by atoms with Crippen molar-refractivity contribution >= 4 is 0 Å². The van der Waals surface area contributed by atoms with Crippen LogP contribution in [0.2, 0.25) is 0 Å². The molecular formula is C21H22F2N4O. The molecule has 1 aliphatic rings. The zero-order valence-electron chi connectivity index (χ0n) is 15.6. The Morgan fingerprint density at radius 1 is 1.00 bits per heavy atom. The fraction of sp³-hybridized carbons (Fsp3) is 0.381. The first kappa shape index (κ1) is 18.5. The first-order chi connectivity index (χ1) is 13.6. The Hall–Kier alpha value is -2.83. The number of rotatable bonds is 5. The van der Waals surface area contributed by atoms with E-state index < -0.39 is 6.43 Å². The van der Waals surface area contributed by atoms with E-state index in [0.29, 0.717) is 17.4 Å². The van der Waals surface area contributed by atoms with Crippen LogP contribution in [-0.4, -0.2) is 25.9 Å². The molecule has 0 spiro atoms. The van der Waals surface area contributed by atoms with Gasteiger partial charge >= 0.3 is 0 Å². The second kappa shape index (κ2) is 8.04. The molecule has 4 rings (SSSR count). The van der Waals surface area contributed by atoms with Gasteiger partial charge in [-0.25, -0.2) is 13.8 Å². The van der Waals surface area contributed by atoms with Crippen LogP contribution < -0.4 is 4.74 Å². The molecule has 0 amide bonds. The lowest BCUT2D eigenvalue weighted by Gasteiger charge is -2.28. The lowest BCUT2D eigenvalue weighted by atomic mass is 9.86. The monoisotopic (exact) mass is 384 g/mol. The van der Waals surface area contributed by atoms with Gasteiger partial charge in [0, 0.05) is 23.9 Å². The van der Waals surface area contributed by atoms with Gasteiger partial charge in [0.2, 0.25) is 11.7 Å². The maximum absolute atomic E-state index is 13.5. The molecule has 1 saturated carbocycles. The molecule has 2 heterocycles. The summed E-state index contributed by atoms with van der Waals surface area (Å²) in [5.41, 5.74) is 1.75. The van der Waals surface area contributed by atoms with E-state index in [4.69, 9.17) is 4.74 Å². The van der Waals surface area contributed by atoms with Crippen LogP contribution in [0, 0.1) is 6.92 Å². The topological polar surface area (TPSA) is 52.8 Å². The first-order valence-corrected chi connectivity index (χ1v) is 9.50. The van der Waals surface area contributed by atoms with Crippen LogP contribution in [0.15, 0.2) is 48.7 Å². The molecule has 0 unspecified atom stereocenters. The minimum absolute atomic E-state index is 0.0740. The van der Waals surface area contributed by atoms with Crippen LogP contribution in [0.4, 0.5) is 8.78 Å². The molecule has 1 fully saturated rings. The summed E-state index contributed by atoms with van der Waals surface area (Å²) in [6.07, 6.45) is 2.38. The SMILES string of the molecule is Cc1ccc(-n2c(C(F)F)nnc2[C@H]2CC[C@H](Oc3ccccn3)CC2)cc1. The van der Waals surface area contributed by atoms with Gasteiger partial charge in [-0.3, -0.25) is 4.57 Å². The van der Waals surface area contributed by atoms with E-state index in [1.54, 1.807) is 6.20 Å². The number of aryl methyl sites for hydroxylation is 1. The molecule has 28 heavy (non-hydrogen) atoms. The highest BCUT2D eigenvalue weighted by Gasteiger charge is 2.30. The second-order valence-electron chi connectivity index (χ2n) is 7.15. The Labute approximate surface area is 162 Å². The van der Waals surface area contributed by atoms with Crippen molar-refractivity contribution in [3.8, 4) is 11.6 Å². The summed E-state index contributed by atoms with van der Waals surface area (Å²) >= 11 is 0. The van der Waals surface area contributed by atoms with Gasteiger partial charge in [-0.1, -0.05) is 23.8 Å². The lowest BCUT2D eigenvalue weighted by Crippen LogP contribution is -2.25. The van der Waals surface area contributed by atoms with Crippen molar-refractivity contribution in [1.29, 1.82) is 0 Å². The zero-order valence-corrected chi connectivity index (χ0v) is 15.6. The standard InChI is InChI=1S/C21H22F2N4O/c1-14-5-9-16(10-6-14)27-20(25-26-21(27)19(22)23)15-7-11-17(12-8-15)28-18-4-2-3-13-24-18/h2-6,9-10,13,15,17,19H,7-8,11-12H2,1H3/t15-,17-. The summed E-state index contributed by atoms with van der Waals surface area (Å²) < 4.78 is 34.5. The van der Waals surface area contributed by atoms with Gasteiger partial charge in [-0.15, -0.1) is 10.2 Å². The Balaban J connectivity index is 1.53. The molecule has 5 nitrogen and oxygen atoms in total. The summed E-state index contributed by atoms with van der Waals surface area (Å²) in [5.74, 6) is 1.000. The van der Waals surface area contributed by atoms with Gasteiger partial charge in [-0.2, -0.15) is 0 Å². The van der Waals surface area contributed by atoms with E-state index in [0.717, 1.165) is 31.2 Å². The number of benzene rings is 1. The number of hydrogen-bond donors (Lipinski definition) is 0. The van der Waals surface area contributed by atoms with Crippen molar-refractivity contribution in [1.82, 2.24) is 19.7 Å². The minimum Gasteiger partial charge on any atom is -0.474 e. The van der Waals surface area contributed by atoms with Crippen molar-refractivity contribution < 1.29 is 13.5 Å². The molecule has 0 atom stereocenters. The van der Waals surface area contributed by atoms with Crippen LogP contribution in [0.25, 0.3) is 5.69 Å². The third-order valence-electron chi connectivity index (χ3n) is 5.16. The van der Waals surface area contributed by atoms with Crippen molar-refractivity contribution in [2.24, 2.45) is 0 Å². The number of hydrogen-bond acceptors (Lipinski definition) is 4. The second-order valence-corrected chi connectivity index (χ2v) is 7.15. The number of ether oxygens (including phenoxy) is 1. The highest BCUT2D eigenvalue weighted by molar-refractivity contribution is 5.37. The third kappa shape index (κ3) is 3.88. The van der Waals surface area contributed by atoms with Gasteiger partial charge in [-0.05, 0) is 50.8 Å². The predicted molar refractivity (Wildman–Crippen MR) is 101 cm³/mol. The number of pyridine rings is 1. The normalized spacial score (nSPS) is 19.7. The van der Waals surface area contributed by atoms with Crippen molar-refractivity contribution in [3.63, 3.8) is 0 Å². The van der Waals surface area contributed by atoms with E-state index in [9.17, 15) is 8.78 Å². The van der Waals surface area contributed by atoms with Crippen LogP contribution in [0.5, 0.6) is 5.88 Å². The van der Waals surface area contributed by atoms with Gasteiger partial charge < -0.3 is 4.74 Å². The molecule has 0 aliphatic heterocycles. The lowest BCUT2D eigenvalue weighted by molar-refractivity contribution is 0.134. The summed E-state index contributed by atoms with van der Waals surface area (Å²) in [6, 6.07) is 13.1. The Kier molecular flexibility index (Phi) is 5.32. The summed E-state index contributed by atoms with van der Waals surface area (Å²) in [5, 5.41) is 7.95. The number of halogens is 2. The average molecular weight is 384 g/mol. The molecular weight excluding hydrogens is 362 g/mol. The molecule has 0 bridgehead atoms. The third-order valence-corrected chi connectivity index (χ3v) is 5.16. The Morgan fingerprint density at radius 3 is 2.39 bits per heavy atom. The number of nitrogens with zero attached hydrogens (tertiary/aromatic N) is 4. The number of aromatic nitrogens is 4. The maximum atomic E-state index is 13.5. The highest BCUT2D eigenvalue weighted by atomic mass is 19.3. The van der Waals surface area contributed by atoms with Crippen LogP contribution in [-0.2, 0) is 0 Å². The van der Waals surface area contributed by atoms with E-state index in [1.807, 2.05) is 49.4 Å². The molecule has 0 radical (unpaired) electrons. The fourth-order valence-electron chi connectivity index (χ4n) is 3.70. The van der Waals surface area contributed by atoms with Gasteiger partial charge in [0.15, 0.2) is 0 Å². The minimum atomic E-state index is -2.67. The molecule has 0 saturated heterocycles. The van der Waals surface area contributed by atoms with Crippen molar-refractivity contribution in [2.45, 2.75) is 51.1 Å². The highest BCUT2D eigenvalue weighted by Crippen LogP contribution is 2.36. The maximum Gasteiger partial charge on any atom is 0.297 e. The van der Waals surface area contributed by atoms with E-state index in [1.165, 1.54) is 4.57 Å². The van der Waals surface area contributed by atoms with Crippen LogP contribution >= 0.6 is 0 Å². The van der Waals surface area contributed by atoms with Gasteiger partial charge in [0.1, 0.15) is 11.9 Å². The van der Waals surface area contributed by atoms with Gasteiger partial charge in [0.25, 0.3) is 6.43 Å². The van der Waals surface area contributed by atoms with E-state index in [2.05, 4.69) is 15.2 Å². The van der Waals surface area contributed by atoms with Gasteiger partial charge in [0.05, 0.1) is 0 Å². The van der Waals surface area contributed by atoms with Crippen LogP contribution in [0.1, 0.15) is 55.2 Å². The zero-order chi connectivity index (χ0) is 19.5. The first-order valence-electron chi connectivity index (χ1n) is 9.50. The van der Waals surface area contributed by atoms with E-state index >= 15 is 0 Å². The molecule has 1 aromatic carbocycles. The molecule has 1 aliphatic carbocycles. The van der Waals surface area contributed by atoms with Crippen molar-refractivity contribution in [2.75, 3.05) is 0 Å². The molecule has 2 aromatic heterocycles. The van der Waals surface area contributed by atoms with Crippen molar-refractivity contribution in [3.05, 3.63) is 65.9 Å². The average Bonchev–Trinajstić information content (AvgIpc) is 3.15. The van der Waals surface area contributed by atoms with Crippen LogP contribution in [0.3, 0.4) is 0 Å². The Morgan fingerprint density at radius 2 is 1.75 bits per heavy atom. The smallest absolute Gasteiger partial charge is 0.297 e. The Bertz CT molecular complexity index is 904. The summed E-state index contributed by atoms with van der Waals surface area (Å²) in [6.45, 7) is 1.97. The molecule has 0 N–H and O–H groups in total. The quantitative estimate of drug-likeness (QED) is 0.620. The van der Waals surface area contributed by atoms with E-state index in [-0.39, 0.29) is 17.8 Å². The predicted octanol–water partition coefficient (Wildman–Crippen LogP) is 5.01. The largest absolute Gasteiger partial charge is 0.474 e. The molecule has 7 heteroatoms.